The summed E-state index contributed by atoms with van der Waals surface area (Å²) in [6, 6.07) is 0. The maximum Gasteiger partial charge on any atom is 0.341 e. The predicted molar refractivity (Wildman–Crippen MR) is 65.2 cm³/mol. The van der Waals surface area contributed by atoms with Gasteiger partial charge in [-0.2, -0.15) is 0 Å². The Hall–Kier alpha value is -1.49. The molecule has 2 rings (SSSR count). The molecular weight excluding hydrogens is 232 g/mol. The predicted octanol–water partition coefficient (Wildman–Crippen LogP) is 1.67. The van der Waals surface area contributed by atoms with Gasteiger partial charge in [0.15, 0.2) is 0 Å². The van der Waals surface area contributed by atoms with E-state index in [1.165, 1.54) is 12.4 Å². The number of ether oxygens (including phenoxy) is 1. The summed E-state index contributed by atoms with van der Waals surface area (Å²) < 4.78 is 4.87. The number of aliphatic hydroxyl groups excluding tert-OH is 1. The van der Waals surface area contributed by atoms with E-state index in [1.807, 2.05) is 0 Å². The number of aromatic nitrogens is 2. The first-order chi connectivity index (χ1) is 8.70. The lowest BCUT2D eigenvalue weighted by Gasteiger charge is -2.24. The molecule has 1 aromatic heterocycles. The molecule has 1 aromatic rings. The molecule has 1 heterocycles. The van der Waals surface area contributed by atoms with E-state index in [-0.39, 0.29) is 12.0 Å². The molecule has 2 unspecified atom stereocenters. The van der Waals surface area contributed by atoms with E-state index in [9.17, 15) is 9.90 Å². The molecule has 5 heteroatoms. The number of rotatable bonds is 3. The second-order valence-corrected chi connectivity index (χ2v) is 4.57. The van der Waals surface area contributed by atoms with E-state index in [2.05, 4.69) is 9.97 Å². The number of esters is 1. The van der Waals surface area contributed by atoms with Crippen molar-refractivity contribution in [2.75, 3.05) is 6.61 Å². The molecular formula is C13H18N2O3. The zero-order chi connectivity index (χ0) is 13.0. The van der Waals surface area contributed by atoms with Crippen molar-refractivity contribution in [3.8, 4) is 0 Å². The summed E-state index contributed by atoms with van der Waals surface area (Å²) in [7, 11) is 0. The van der Waals surface area contributed by atoms with Crippen LogP contribution in [-0.2, 0) is 4.74 Å². The van der Waals surface area contributed by atoms with Crippen LogP contribution in [0.5, 0.6) is 0 Å². The van der Waals surface area contributed by atoms with Gasteiger partial charge in [0.2, 0.25) is 0 Å². The van der Waals surface area contributed by atoms with E-state index in [1.54, 1.807) is 6.92 Å². The molecule has 0 bridgehead atoms. The Kier molecular flexibility index (Phi) is 4.25. The fraction of sp³-hybridized carbons (Fsp3) is 0.615. The zero-order valence-corrected chi connectivity index (χ0v) is 10.5. The molecule has 0 spiro atoms. The Balaban J connectivity index is 2.05. The fourth-order valence-corrected chi connectivity index (χ4v) is 2.27. The SMILES string of the molecule is CCOC(=O)c1cnc(C2CCCC(O)C2)nc1. The van der Waals surface area contributed by atoms with Crippen LogP contribution in [0.1, 0.15) is 54.7 Å². The quantitative estimate of drug-likeness (QED) is 0.826. The molecule has 2 atom stereocenters. The van der Waals surface area contributed by atoms with Crippen molar-refractivity contribution in [1.82, 2.24) is 9.97 Å². The minimum Gasteiger partial charge on any atom is -0.462 e. The van der Waals surface area contributed by atoms with Gasteiger partial charge < -0.3 is 9.84 Å². The largest absolute Gasteiger partial charge is 0.462 e. The van der Waals surface area contributed by atoms with E-state index in [0.29, 0.717) is 24.4 Å². The highest BCUT2D eigenvalue weighted by Crippen LogP contribution is 2.30. The number of nitrogens with zero attached hydrogens (tertiary/aromatic N) is 2. The molecule has 5 nitrogen and oxygen atoms in total. The third-order valence-corrected chi connectivity index (χ3v) is 3.19. The van der Waals surface area contributed by atoms with E-state index < -0.39 is 5.97 Å². The van der Waals surface area contributed by atoms with Gasteiger partial charge in [-0.15, -0.1) is 0 Å². The second-order valence-electron chi connectivity index (χ2n) is 4.57. The van der Waals surface area contributed by atoms with Crippen LogP contribution in [0.15, 0.2) is 12.4 Å². The first-order valence-corrected chi connectivity index (χ1v) is 6.37. The van der Waals surface area contributed by atoms with E-state index in [0.717, 1.165) is 19.3 Å². The Bertz CT molecular complexity index is 405. The molecule has 1 N–H and O–H groups in total. The van der Waals surface area contributed by atoms with Crippen LogP contribution in [0.4, 0.5) is 0 Å². The Labute approximate surface area is 106 Å². The normalized spacial score (nSPS) is 23.7. The molecule has 1 aliphatic carbocycles. The van der Waals surface area contributed by atoms with Crippen molar-refractivity contribution in [3.63, 3.8) is 0 Å². The summed E-state index contributed by atoms with van der Waals surface area (Å²) >= 11 is 0. The number of aliphatic hydroxyl groups is 1. The zero-order valence-electron chi connectivity index (χ0n) is 10.5. The van der Waals surface area contributed by atoms with Crippen molar-refractivity contribution in [2.45, 2.75) is 44.6 Å². The molecule has 1 aliphatic rings. The summed E-state index contributed by atoms with van der Waals surface area (Å²) in [5, 5.41) is 9.62. The summed E-state index contributed by atoms with van der Waals surface area (Å²) in [5.41, 5.74) is 0.372. The van der Waals surface area contributed by atoms with Crippen LogP contribution < -0.4 is 0 Å². The lowest BCUT2D eigenvalue weighted by Crippen LogP contribution is -2.20. The second kappa shape index (κ2) is 5.91. The highest BCUT2D eigenvalue weighted by molar-refractivity contribution is 5.88. The van der Waals surface area contributed by atoms with Crippen LogP contribution in [0.25, 0.3) is 0 Å². The Morgan fingerprint density at radius 1 is 1.44 bits per heavy atom. The van der Waals surface area contributed by atoms with Crippen molar-refractivity contribution < 1.29 is 14.6 Å². The van der Waals surface area contributed by atoms with Crippen molar-refractivity contribution in [3.05, 3.63) is 23.8 Å². The summed E-state index contributed by atoms with van der Waals surface area (Å²) in [4.78, 5) is 19.9. The molecule has 1 fully saturated rings. The van der Waals surface area contributed by atoms with Crippen molar-refractivity contribution in [2.24, 2.45) is 0 Å². The van der Waals surface area contributed by atoms with Gasteiger partial charge in [-0.25, -0.2) is 14.8 Å². The smallest absolute Gasteiger partial charge is 0.341 e. The molecule has 0 aromatic carbocycles. The minimum absolute atomic E-state index is 0.199. The van der Waals surface area contributed by atoms with E-state index in [4.69, 9.17) is 4.74 Å². The monoisotopic (exact) mass is 250 g/mol. The minimum atomic E-state index is -0.396. The fourth-order valence-electron chi connectivity index (χ4n) is 2.27. The van der Waals surface area contributed by atoms with Gasteiger partial charge in [-0.1, -0.05) is 6.42 Å². The maximum absolute atomic E-state index is 11.4. The van der Waals surface area contributed by atoms with Crippen LogP contribution >= 0.6 is 0 Å². The topological polar surface area (TPSA) is 72.3 Å². The van der Waals surface area contributed by atoms with Crippen LogP contribution in [0, 0.1) is 0 Å². The summed E-state index contributed by atoms with van der Waals surface area (Å²) in [5.74, 6) is 0.513. The number of carbonyl (C=O) groups excluding carboxylic acids is 1. The molecule has 0 saturated heterocycles. The van der Waals surface area contributed by atoms with Gasteiger partial charge in [0.1, 0.15) is 5.82 Å². The van der Waals surface area contributed by atoms with Gasteiger partial charge >= 0.3 is 5.97 Å². The van der Waals surface area contributed by atoms with Crippen LogP contribution in [0.2, 0.25) is 0 Å². The lowest BCUT2D eigenvalue weighted by molar-refractivity contribution is 0.0525. The Morgan fingerprint density at radius 3 is 2.78 bits per heavy atom. The molecule has 1 saturated carbocycles. The molecule has 0 aliphatic heterocycles. The third kappa shape index (κ3) is 3.04. The Morgan fingerprint density at radius 2 is 2.17 bits per heavy atom. The third-order valence-electron chi connectivity index (χ3n) is 3.19. The maximum atomic E-state index is 11.4. The van der Waals surface area contributed by atoms with Gasteiger partial charge in [0.05, 0.1) is 18.3 Å². The molecule has 18 heavy (non-hydrogen) atoms. The molecule has 0 amide bonds. The van der Waals surface area contributed by atoms with Crippen LogP contribution in [-0.4, -0.2) is 33.8 Å². The number of hydrogen-bond acceptors (Lipinski definition) is 5. The van der Waals surface area contributed by atoms with Crippen LogP contribution in [0.3, 0.4) is 0 Å². The van der Waals surface area contributed by atoms with E-state index >= 15 is 0 Å². The number of hydrogen-bond donors (Lipinski definition) is 1. The summed E-state index contributed by atoms with van der Waals surface area (Å²) in [6.45, 7) is 2.10. The molecule has 0 radical (unpaired) electrons. The highest BCUT2D eigenvalue weighted by atomic mass is 16.5. The standard InChI is InChI=1S/C13H18N2O3/c1-2-18-13(17)10-7-14-12(15-8-10)9-4-3-5-11(16)6-9/h7-9,11,16H,2-6H2,1H3. The summed E-state index contributed by atoms with van der Waals surface area (Å²) in [6.07, 6.45) is 6.31. The van der Waals surface area contributed by atoms with Gasteiger partial charge in [0, 0.05) is 18.3 Å². The lowest BCUT2D eigenvalue weighted by atomic mass is 9.87. The first-order valence-electron chi connectivity index (χ1n) is 6.37. The van der Waals surface area contributed by atoms with Crippen molar-refractivity contribution in [1.29, 1.82) is 0 Å². The van der Waals surface area contributed by atoms with Gasteiger partial charge in [-0.05, 0) is 26.2 Å². The average molecular weight is 250 g/mol. The first kappa shape index (κ1) is 13.0. The van der Waals surface area contributed by atoms with Gasteiger partial charge in [0.25, 0.3) is 0 Å². The number of carbonyl (C=O) groups is 1. The highest BCUT2D eigenvalue weighted by Gasteiger charge is 2.23. The van der Waals surface area contributed by atoms with Gasteiger partial charge in [-0.3, -0.25) is 0 Å². The molecule has 98 valence electrons. The average Bonchev–Trinajstić information content (AvgIpc) is 2.39. The van der Waals surface area contributed by atoms with Crippen molar-refractivity contribution >= 4 is 5.97 Å².